The molecular weight excluding hydrogens is 338 g/mol. The van der Waals surface area contributed by atoms with Gasteiger partial charge >= 0.3 is 11.9 Å². The standard InChI is InChI=1S/C19H19NO6/c1-3-26-18(23)19(17(21)22,12-14-7-5-4-6-8-14)15-9-10-16(20(24)25)13(2)11-15/h4-11H,3,12H2,1-2H3,(H,21,22). The summed E-state index contributed by atoms with van der Waals surface area (Å²) in [6.45, 7) is 3.12. The van der Waals surface area contributed by atoms with Crippen LogP contribution in [-0.2, 0) is 26.2 Å². The van der Waals surface area contributed by atoms with Gasteiger partial charge in [0.2, 0.25) is 0 Å². The van der Waals surface area contributed by atoms with Gasteiger partial charge in [-0.2, -0.15) is 0 Å². The summed E-state index contributed by atoms with van der Waals surface area (Å²) in [7, 11) is 0. The number of carbonyl (C=O) groups is 2. The SMILES string of the molecule is CCOC(=O)C(Cc1ccccc1)(C(=O)O)c1ccc([N+](=O)[O-])c(C)c1. The second-order valence-corrected chi connectivity index (χ2v) is 5.85. The molecule has 0 amide bonds. The zero-order chi connectivity index (χ0) is 19.3. The zero-order valence-corrected chi connectivity index (χ0v) is 14.5. The van der Waals surface area contributed by atoms with E-state index in [0.717, 1.165) is 0 Å². The fourth-order valence-corrected chi connectivity index (χ4v) is 2.86. The molecular formula is C19H19NO6. The summed E-state index contributed by atoms with van der Waals surface area (Å²) in [6, 6.07) is 12.6. The number of nitrogens with zero attached hydrogens (tertiary/aromatic N) is 1. The summed E-state index contributed by atoms with van der Waals surface area (Å²) in [4.78, 5) is 35.4. The minimum absolute atomic E-state index is 0.0224. The average molecular weight is 357 g/mol. The minimum atomic E-state index is -1.99. The third-order valence-corrected chi connectivity index (χ3v) is 4.19. The quantitative estimate of drug-likeness (QED) is 0.353. The molecule has 0 aliphatic carbocycles. The predicted octanol–water partition coefficient (Wildman–Crippen LogP) is 3.03. The molecule has 7 heteroatoms. The van der Waals surface area contributed by atoms with Gasteiger partial charge in [0.1, 0.15) is 0 Å². The molecule has 2 rings (SSSR count). The Morgan fingerprint density at radius 3 is 2.35 bits per heavy atom. The summed E-state index contributed by atoms with van der Waals surface area (Å²) in [5.41, 5.74) is -1.07. The van der Waals surface area contributed by atoms with Crippen LogP contribution < -0.4 is 0 Å². The van der Waals surface area contributed by atoms with Crippen molar-refractivity contribution in [2.75, 3.05) is 6.61 Å². The number of carbonyl (C=O) groups excluding carboxylic acids is 1. The van der Waals surface area contributed by atoms with Gasteiger partial charge in [0.15, 0.2) is 5.41 Å². The van der Waals surface area contributed by atoms with E-state index < -0.39 is 22.3 Å². The van der Waals surface area contributed by atoms with Gasteiger partial charge in [-0.05, 0) is 31.0 Å². The maximum atomic E-state index is 12.7. The smallest absolute Gasteiger partial charge is 0.328 e. The van der Waals surface area contributed by atoms with Gasteiger partial charge in [-0.3, -0.25) is 19.7 Å². The number of benzene rings is 2. The van der Waals surface area contributed by atoms with Crippen LogP contribution in [0.4, 0.5) is 5.69 Å². The Balaban J connectivity index is 2.65. The molecule has 0 heterocycles. The van der Waals surface area contributed by atoms with Crippen LogP contribution in [0.25, 0.3) is 0 Å². The van der Waals surface area contributed by atoms with Crippen molar-refractivity contribution in [2.45, 2.75) is 25.7 Å². The fourth-order valence-electron chi connectivity index (χ4n) is 2.86. The first-order valence-electron chi connectivity index (χ1n) is 8.03. The highest BCUT2D eigenvalue weighted by molar-refractivity contribution is 6.06. The first-order chi connectivity index (χ1) is 12.3. The van der Waals surface area contributed by atoms with Gasteiger partial charge in [0, 0.05) is 18.1 Å². The van der Waals surface area contributed by atoms with Crippen molar-refractivity contribution >= 4 is 17.6 Å². The van der Waals surface area contributed by atoms with Crippen LogP contribution in [0.15, 0.2) is 48.5 Å². The minimum Gasteiger partial charge on any atom is -0.480 e. The van der Waals surface area contributed by atoms with Crippen molar-refractivity contribution in [1.82, 2.24) is 0 Å². The van der Waals surface area contributed by atoms with E-state index >= 15 is 0 Å². The second kappa shape index (κ2) is 7.77. The van der Waals surface area contributed by atoms with E-state index in [2.05, 4.69) is 0 Å². The molecule has 136 valence electrons. The van der Waals surface area contributed by atoms with Gasteiger partial charge in [-0.1, -0.05) is 36.4 Å². The van der Waals surface area contributed by atoms with Gasteiger partial charge in [-0.25, -0.2) is 0 Å². The van der Waals surface area contributed by atoms with E-state index in [9.17, 15) is 24.8 Å². The fraction of sp³-hybridized carbons (Fsp3) is 0.263. The number of carboxylic acids is 1. The molecule has 0 spiro atoms. The van der Waals surface area contributed by atoms with Crippen LogP contribution in [0.3, 0.4) is 0 Å². The topological polar surface area (TPSA) is 107 Å². The Labute approximate surface area is 150 Å². The number of nitro groups is 1. The third-order valence-electron chi connectivity index (χ3n) is 4.19. The zero-order valence-electron chi connectivity index (χ0n) is 14.5. The Bertz CT molecular complexity index is 833. The molecule has 0 bridgehead atoms. The van der Waals surface area contributed by atoms with E-state index in [0.29, 0.717) is 5.56 Å². The van der Waals surface area contributed by atoms with E-state index in [1.54, 1.807) is 37.3 Å². The molecule has 0 aliphatic heterocycles. The molecule has 1 atom stereocenters. The molecule has 26 heavy (non-hydrogen) atoms. The lowest BCUT2D eigenvalue weighted by Gasteiger charge is -2.28. The Morgan fingerprint density at radius 1 is 1.19 bits per heavy atom. The third kappa shape index (κ3) is 3.56. The van der Waals surface area contributed by atoms with Crippen LogP contribution in [0.1, 0.15) is 23.6 Å². The maximum Gasteiger partial charge on any atom is 0.328 e. The van der Waals surface area contributed by atoms with Crippen molar-refractivity contribution in [3.05, 3.63) is 75.3 Å². The number of hydrogen-bond donors (Lipinski definition) is 1. The molecule has 0 saturated heterocycles. The Hall–Kier alpha value is -3.22. The molecule has 0 radical (unpaired) electrons. The summed E-state index contributed by atoms with van der Waals surface area (Å²) in [6.07, 6.45) is -0.126. The highest BCUT2D eigenvalue weighted by Crippen LogP contribution is 2.33. The maximum absolute atomic E-state index is 12.7. The van der Waals surface area contributed by atoms with Crippen LogP contribution >= 0.6 is 0 Å². The molecule has 0 saturated carbocycles. The first-order valence-corrected chi connectivity index (χ1v) is 8.03. The Morgan fingerprint density at radius 2 is 1.85 bits per heavy atom. The molecule has 7 nitrogen and oxygen atoms in total. The molecule has 0 fully saturated rings. The summed E-state index contributed by atoms with van der Waals surface area (Å²) in [5.74, 6) is -2.27. The van der Waals surface area contributed by atoms with E-state index in [1.807, 2.05) is 0 Å². The van der Waals surface area contributed by atoms with Crippen molar-refractivity contribution in [2.24, 2.45) is 0 Å². The molecule has 2 aromatic rings. The number of esters is 1. The second-order valence-electron chi connectivity index (χ2n) is 5.85. The number of hydrogen-bond acceptors (Lipinski definition) is 5. The first kappa shape index (κ1) is 19.1. The summed E-state index contributed by atoms with van der Waals surface area (Å²) < 4.78 is 5.06. The van der Waals surface area contributed by atoms with Crippen LogP contribution in [-0.4, -0.2) is 28.6 Å². The van der Waals surface area contributed by atoms with Crippen LogP contribution in [0, 0.1) is 17.0 Å². The number of carboxylic acid groups (broad SMARTS) is 1. The lowest BCUT2D eigenvalue weighted by Crippen LogP contribution is -2.47. The van der Waals surface area contributed by atoms with Crippen molar-refractivity contribution in [1.29, 1.82) is 0 Å². The van der Waals surface area contributed by atoms with Crippen molar-refractivity contribution in [3.63, 3.8) is 0 Å². The largest absolute Gasteiger partial charge is 0.480 e. The van der Waals surface area contributed by atoms with Gasteiger partial charge < -0.3 is 9.84 Å². The van der Waals surface area contributed by atoms with E-state index in [1.165, 1.54) is 25.1 Å². The van der Waals surface area contributed by atoms with Crippen molar-refractivity contribution in [3.8, 4) is 0 Å². The number of rotatable bonds is 7. The monoisotopic (exact) mass is 357 g/mol. The Kier molecular flexibility index (Phi) is 5.71. The molecule has 1 N–H and O–H groups in total. The normalized spacial score (nSPS) is 12.8. The molecule has 0 aliphatic rings. The lowest BCUT2D eigenvalue weighted by molar-refractivity contribution is -0.385. The highest BCUT2D eigenvalue weighted by Gasteiger charge is 2.50. The summed E-state index contributed by atoms with van der Waals surface area (Å²) in [5, 5.41) is 21.0. The number of aryl methyl sites for hydroxylation is 1. The molecule has 2 aromatic carbocycles. The van der Waals surface area contributed by atoms with E-state index in [-0.39, 0.29) is 29.8 Å². The van der Waals surface area contributed by atoms with Crippen LogP contribution in [0.2, 0.25) is 0 Å². The van der Waals surface area contributed by atoms with Crippen molar-refractivity contribution < 1.29 is 24.4 Å². The molecule has 1 unspecified atom stereocenters. The average Bonchev–Trinajstić information content (AvgIpc) is 2.60. The number of nitro benzene ring substituents is 1. The predicted molar refractivity (Wildman–Crippen MR) is 93.9 cm³/mol. The molecule has 0 aromatic heterocycles. The summed E-state index contributed by atoms with van der Waals surface area (Å²) >= 11 is 0. The van der Waals surface area contributed by atoms with Crippen LogP contribution in [0.5, 0.6) is 0 Å². The van der Waals surface area contributed by atoms with E-state index in [4.69, 9.17) is 4.74 Å². The number of aliphatic carboxylic acids is 1. The number of ether oxygens (including phenoxy) is 1. The lowest BCUT2D eigenvalue weighted by atomic mass is 9.75. The van der Waals surface area contributed by atoms with Gasteiger partial charge in [-0.15, -0.1) is 0 Å². The van der Waals surface area contributed by atoms with Gasteiger partial charge in [0.05, 0.1) is 11.5 Å². The van der Waals surface area contributed by atoms with Gasteiger partial charge in [0.25, 0.3) is 5.69 Å². The highest BCUT2D eigenvalue weighted by atomic mass is 16.6.